The molecule has 2 aromatic rings. The van der Waals surface area contributed by atoms with E-state index in [1.165, 1.54) is 0 Å². The Morgan fingerprint density at radius 2 is 1.79 bits per heavy atom. The van der Waals surface area contributed by atoms with E-state index in [9.17, 15) is 15.0 Å². The van der Waals surface area contributed by atoms with Crippen LogP contribution in [0.3, 0.4) is 0 Å². The van der Waals surface area contributed by atoms with Crippen LogP contribution >= 0.6 is 0 Å². The van der Waals surface area contributed by atoms with Crippen LogP contribution in [0.15, 0.2) is 42.5 Å². The molecule has 4 rings (SSSR count). The predicted molar refractivity (Wildman–Crippen MR) is 90.1 cm³/mol. The number of rotatable bonds is 3. The van der Waals surface area contributed by atoms with E-state index in [0.717, 1.165) is 41.5 Å². The minimum Gasteiger partial charge on any atom is -0.493 e. The zero-order valence-corrected chi connectivity index (χ0v) is 13.4. The molecule has 4 nitrogen and oxygen atoms in total. The maximum Gasteiger partial charge on any atom is 0.311 e. The van der Waals surface area contributed by atoms with Crippen LogP contribution in [0.5, 0.6) is 5.75 Å². The summed E-state index contributed by atoms with van der Waals surface area (Å²) in [6.45, 7) is 0.441. The summed E-state index contributed by atoms with van der Waals surface area (Å²) in [6.07, 6.45) is 3.21. The molecule has 0 aromatic heterocycles. The quantitative estimate of drug-likeness (QED) is 0.904. The third-order valence-electron chi connectivity index (χ3n) is 5.28. The Bertz CT molecular complexity index is 775. The maximum absolute atomic E-state index is 11.5. The molecule has 0 saturated heterocycles. The average Bonchev–Trinajstić information content (AvgIpc) is 2.58. The second-order valence-electron chi connectivity index (χ2n) is 6.74. The van der Waals surface area contributed by atoms with E-state index in [-0.39, 0.29) is 0 Å². The molecule has 124 valence electrons. The van der Waals surface area contributed by atoms with Crippen molar-refractivity contribution >= 4 is 5.97 Å². The minimum atomic E-state index is -0.806. The molecule has 2 aliphatic rings. The molecule has 24 heavy (non-hydrogen) atoms. The number of ether oxygens (including phenoxy) is 1. The number of aliphatic hydroxyl groups is 1. The van der Waals surface area contributed by atoms with Gasteiger partial charge in [0.25, 0.3) is 0 Å². The fourth-order valence-electron chi connectivity index (χ4n) is 3.60. The van der Waals surface area contributed by atoms with E-state index in [1.807, 2.05) is 42.5 Å². The Labute approximate surface area is 140 Å². The standard InChI is InChI=1S/C20H20O4/c21-19(22)16-8-11-24-18-7-4-14(12-17(16)18)13-2-5-15(6-3-13)20(23)9-1-10-20/h2-7,12,16,23H,1,8-11H2,(H,21,22). The van der Waals surface area contributed by atoms with Gasteiger partial charge >= 0.3 is 5.97 Å². The van der Waals surface area contributed by atoms with Crippen molar-refractivity contribution in [1.82, 2.24) is 0 Å². The van der Waals surface area contributed by atoms with Crippen molar-refractivity contribution in [1.29, 1.82) is 0 Å². The Hall–Kier alpha value is -2.33. The molecule has 2 aromatic carbocycles. The first kappa shape index (κ1) is 15.2. The van der Waals surface area contributed by atoms with Crippen LogP contribution in [0, 0.1) is 0 Å². The van der Waals surface area contributed by atoms with E-state index in [4.69, 9.17) is 4.74 Å². The van der Waals surface area contributed by atoms with Crippen molar-refractivity contribution in [2.24, 2.45) is 0 Å². The van der Waals surface area contributed by atoms with Crippen molar-refractivity contribution in [3.8, 4) is 16.9 Å². The normalized spacial score (nSPS) is 21.3. The van der Waals surface area contributed by atoms with Crippen LogP contribution in [0.25, 0.3) is 11.1 Å². The molecular weight excluding hydrogens is 304 g/mol. The lowest BCUT2D eigenvalue weighted by Gasteiger charge is -2.37. The van der Waals surface area contributed by atoms with Crippen molar-refractivity contribution in [3.63, 3.8) is 0 Å². The predicted octanol–water partition coefficient (Wildman–Crippen LogP) is 3.68. The Kier molecular flexibility index (Phi) is 3.57. The lowest BCUT2D eigenvalue weighted by atomic mass is 9.75. The van der Waals surface area contributed by atoms with Gasteiger partial charge in [-0.3, -0.25) is 4.79 Å². The highest BCUT2D eigenvalue weighted by Gasteiger charge is 2.36. The van der Waals surface area contributed by atoms with Gasteiger partial charge in [0.05, 0.1) is 18.1 Å². The zero-order valence-electron chi connectivity index (χ0n) is 13.4. The molecule has 1 unspecified atom stereocenters. The summed E-state index contributed by atoms with van der Waals surface area (Å²) in [5.41, 5.74) is 3.03. The highest BCUT2D eigenvalue weighted by molar-refractivity contribution is 5.79. The topological polar surface area (TPSA) is 66.8 Å². The molecular formula is C20H20O4. The minimum absolute atomic E-state index is 0.441. The molecule has 1 atom stereocenters. The van der Waals surface area contributed by atoms with E-state index in [0.29, 0.717) is 18.8 Å². The van der Waals surface area contributed by atoms with Gasteiger partial charge in [-0.15, -0.1) is 0 Å². The zero-order chi connectivity index (χ0) is 16.7. The number of carboxylic acid groups (broad SMARTS) is 1. The van der Waals surface area contributed by atoms with Gasteiger partial charge in [0, 0.05) is 5.56 Å². The van der Waals surface area contributed by atoms with Gasteiger partial charge in [0.1, 0.15) is 5.75 Å². The van der Waals surface area contributed by atoms with Crippen LogP contribution < -0.4 is 4.74 Å². The molecule has 1 fully saturated rings. The first-order chi connectivity index (χ1) is 11.6. The fourth-order valence-corrected chi connectivity index (χ4v) is 3.60. The molecule has 0 spiro atoms. The van der Waals surface area contributed by atoms with Gasteiger partial charge in [-0.25, -0.2) is 0 Å². The van der Waals surface area contributed by atoms with E-state index in [1.54, 1.807) is 0 Å². The molecule has 0 amide bonds. The molecule has 4 heteroatoms. The summed E-state index contributed by atoms with van der Waals surface area (Å²) in [6, 6.07) is 13.7. The fraction of sp³-hybridized carbons (Fsp3) is 0.350. The van der Waals surface area contributed by atoms with E-state index in [2.05, 4.69) is 0 Å². The number of aliphatic carboxylic acids is 1. The third kappa shape index (κ3) is 2.47. The van der Waals surface area contributed by atoms with Crippen LogP contribution in [-0.4, -0.2) is 22.8 Å². The van der Waals surface area contributed by atoms with Crippen LogP contribution in [0.2, 0.25) is 0 Å². The van der Waals surface area contributed by atoms with Crippen LogP contribution in [-0.2, 0) is 10.4 Å². The summed E-state index contributed by atoms with van der Waals surface area (Å²) in [5.74, 6) is -0.652. The van der Waals surface area contributed by atoms with Gasteiger partial charge in [-0.05, 0) is 54.5 Å². The summed E-state index contributed by atoms with van der Waals surface area (Å²) in [4.78, 5) is 11.5. The van der Waals surface area contributed by atoms with Gasteiger partial charge in [0.15, 0.2) is 0 Å². The largest absolute Gasteiger partial charge is 0.493 e. The van der Waals surface area contributed by atoms with Crippen molar-refractivity contribution < 1.29 is 19.7 Å². The summed E-state index contributed by atoms with van der Waals surface area (Å²) < 4.78 is 5.58. The summed E-state index contributed by atoms with van der Waals surface area (Å²) in [7, 11) is 0. The first-order valence-corrected chi connectivity index (χ1v) is 8.40. The van der Waals surface area contributed by atoms with Gasteiger partial charge in [-0.2, -0.15) is 0 Å². The lowest BCUT2D eigenvalue weighted by Crippen LogP contribution is -2.33. The molecule has 0 radical (unpaired) electrons. The van der Waals surface area contributed by atoms with Crippen molar-refractivity contribution in [2.45, 2.75) is 37.2 Å². The lowest BCUT2D eigenvalue weighted by molar-refractivity contribution is -0.139. The third-order valence-corrected chi connectivity index (χ3v) is 5.28. The Balaban J connectivity index is 1.67. The van der Waals surface area contributed by atoms with Gasteiger partial charge in [-0.1, -0.05) is 30.3 Å². The Morgan fingerprint density at radius 3 is 2.42 bits per heavy atom. The molecule has 1 aliphatic carbocycles. The highest BCUT2D eigenvalue weighted by Crippen LogP contribution is 2.42. The van der Waals surface area contributed by atoms with Gasteiger partial charge in [0.2, 0.25) is 0 Å². The van der Waals surface area contributed by atoms with Crippen molar-refractivity contribution in [3.05, 3.63) is 53.6 Å². The van der Waals surface area contributed by atoms with E-state index >= 15 is 0 Å². The molecule has 1 aliphatic heterocycles. The first-order valence-electron chi connectivity index (χ1n) is 8.40. The van der Waals surface area contributed by atoms with Crippen molar-refractivity contribution in [2.75, 3.05) is 6.61 Å². The highest BCUT2D eigenvalue weighted by atomic mass is 16.5. The molecule has 1 saturated carbocycles. The molecule has 1 heterocycles. The average molecular weight is 324 g/mol. The maximum atomic E-state index is 11.5. The number of hydrogen-bond acceptors (Lipinski definition) is 3. The summed E-state index contributed by atoms with van der Waals surface area (Å²) >= 11 is 0. The number of benzene rings is 2. The number of carboxylic acids is 1. The second-order valence-corrected chi connectivity index (χ2v) is 6.74. The molecule has 2 N–H and O–H groups in total. The van der Waals surface area contributed by atoms with Crippen LogP contribution in [0.1, 0.15) is 42.7 Å². The number of carbonyl (C=O) groups is 1. The van der Waals surface area contributed by atoms with Gasteiger partial charge < -0.3 is 14.9 Å². The second kappa shape index (κ2) is 5.64. The molecule has 0 bridgehead atoms. The number of fused-ring (bicyclic) bond motifs is 1. The van der Waals surface area contributed by atoms with Crippen LogP contribution in [0.4, 0.5) is 0 Å². The Morgan fingerprint density at radius 1 is 1.08 bits per heavy atom. The smallest absolute Gasteiger partial charge is 0.311 e. The summed E-state index contributed by atoms with van der Waals surface area (Å²) in [5, 5.41) is 19.8. The SMILES string of the molecule is O=C(O)C1CCOc2ccc(-c3ccc(C4(O)CCC4)cc3)cc21. The number of hydrogen-bond donors (Lipinski definition) is 2. The monoisotopic (exact) mass is 324 g/mol. The van der Waals surface area contributed by atoms with E-state index < -0.39 is 17.5 Å².